The molecule has 0 radical (unpaired) electrons. The molecule has 0 saturated carbocycles. The molecular weight excluding hydrogens is 392 g/mol. The van der Waals surface area contributed by atoms with Crippen LogP contribution in [0, 0.1) is 11.3 Å². The van der Waals surface area contributed by atoms with Crippen molar-refractivity contribution in [3.8, 4) is 17.6 Å². The summed E-state index contributed by atoms with van der Waals surface area (Å²) in [5.74, 6) is -0.675. The third kappa shape index (κ3) is 4.55. The topological polar surface area (TPSA) is 113 Å². The maximum absolute atomic E-state index is 12.2. The first kappa shape index (κ1) is 20.4. The molecule has 0 unspecified atom stereocenters. The molecule has 0 aliphatic heterocycles. The van der Waals surface area contributed by atoms with Gasteiger partial charge in [-0.15, -0.1) is 11.3 Å². The number of amides is 2. The lowest BCUT2D eigenvalue weighted by atomic mass is 9.96. The molecule has 150 valence electrons. The predicted octanol–water partition coefficient (Wildman–Crippen LogP) is 2.60. The van der Waals surface area contributed by atoms with Crippen molar-refractivity contribution in [2.75, 3.05) is 19.5 Å². The van der Waals surface area contributed by atoms with Gasteiger partial charge in [-0.2, -0.15) is 10.4 Å². The highest BCUT2D eigenvalue weighted by molar-refractivity contribution is 7.16. The molecule has 1 heterocycles. The summed E-state index contributed by atoms with van der Waals surface area (Å²) in [6, 6.07) is 7.27. The van der Waals surface area contributed by atoms with Crippen molar-refractivity contribution in [3.63, 3.8) is 0 Å². The normalized spacial score (nSPS) is 12.7. The summed E-state index contributed by atoms with van der Waals surface area (Å²) in [7, 11) is 3.05. The van der Waals surface area contributed by atoms with Gasteiger partial charge in [0.15, 0.2) is 0 Å². The summed E-state index contributed by atoms with van der Waals surface area (Å²) in [4.78, 5) is 25.4. The van der Waals surface area contributed by atoms with Crippen molar-refractivity contribution in [2.45, 2.75) is 25.7 Å². The number of rotatable bonds is 5. The van der Waals surface area contributed by atoms with E-state index in [0.717, 1.165) is 36.1 Å². The fourth-order valence-electron chi connectivity index (χ4n) is 3.08. The molecule has 0 atom stereocenters. The molecule has 0 spiro atoms. The highest BCUT2D eigenvalue weighted by Gasteiger charge is 2.23. The summed E-state index contributed by atoms with van der Waals surface area (Å²) >= 11 is 1.36. The van der Waals surface area contributed by atoms with Gasteiger partial charge in [0, 0.05) is 10.4 Å². The SMILES string of the molecule is COc1ccc(OC)c(/C=N/NC(=O)C(=O)Nc2sc3c(c2C#N)CCCC3)c1. The number of hydrazone groups is 1. The van der Waals surface area contributed by atoms with Crippen LogP contribution >= 0.6 is 11.3 Å². The van der Waals surface area contributed by atoms with Gasteiger partial charge in [-0.25, -0.2) is 5.43 Å². The highest BCUT2D eigenvalue weighted by atomic mass is 32.1. The monoisotopic (exact) mass is 412 g/mol. The second-order valence-electron chi connectivity index (χ2n) is 6.29. The van der Waals surface area contributed by atoms with Gasteiger partial charge in [0.25, 0.3) is 0 Å². The Morgan fingerprint density at radius 3 is 2.72 bits per heavy atom. The van der Waals surface area contributed by atoms with Gasteiger partial charge < -0.3 is 14.8 Å². The van der Waals surface area contributed by atoms with Crippen molar-refractivity contribution in [2.24, 2.45) is 5.10 Å². The molecule has 0 bridgehead atoms. The lowest BCUT2D eigenvalue weighted by Gasteiger charge is -2.09. The number of carbonyl (C=O) groups excluding carboxylic acids is 2. The fourth-order valence-corrected chi connectivity index (χ4v) is 4.32. The Kier molecular flexibility index (Phi) is 6.46. The Morgan fingerprint density at radius 1 is 1.21 bits per heavy atom. The summed E-state index contributed by atoms with van der Waals surface area (Å²) in [5, 5.41) is 16.2. The third-order valence-electron chi connectivity index (χ3n) is 4.52. The number of nitriles is 1. The van der Waals surface area contributed by atoms with Gasteiger partial charge in [0.2, 0.25) is 0 Å². The second kappa shape index (κ2) is 9.21. The van der Waals surface area contributed by atoms with Crippen LogP contribution < -0.4 is 20.2 Å². The smallest absolute Gasteiger partial charge is 0.329 e. The molecular formula is C20H20N4O4S. The number of fused-ring (bicyclic) bond motifs is 1. The van der Waals surface area contributed by atoms with Crippen LogP contribution in [-0.4, -0.2) is 32.2 Å². The molecule has 2 N–H and O–H groups in total. The second-order valence-corrected chi connectivity index (χ2v) is 7.39. The average molecular weight is 412 g/mol. The minimum Gasteiger partial charge on any atom is -0.497 e. The number of thiophene rings is 1. The number of anilines is 1. The lowest BCUT2D eigenvalue weighted by molar-refractivity contribution is -0.136. The first-order valence-corrected chi connectivity index (χ1v) is 9.80. The zero-order chi connectivity index (χ0) is 20.8. The van der Waals surface area contributed by atoms with E-state index in [1.807, 2.05) is 0 Å². The number of nitrogens with one attached hydrogen (secondary N) is 2. The number of nitrogens with zero attached hydrogens (tertiary/aromatic N) is 2. The minimum atomic E-state index is -0.932. The zero-order valence-electron chi connectivity index (χ0n) is 16.1. The van der Waals surface area contributed by atoms with Crippen LogP contribution in [0.15, 0.2) is 23.3 Å². The van der Waals surface area contributed by atoms with E-state index >= 15 is 0 Å². The van der Waals surface area contributed by atoms with Crippen LogP contribution in [0.4, 0.5) is 5.00 Å². The molecule has 2 amide bonds. The number of methoxy groups -OCH3 is 2. The first-order valence-electron chi connectivity index (χ1n) is 8.98. The molecule has 1 aliphatic rings. The number of hydrogen-bond acceptors (Lipinski definition) is 7. The standard InChI is InChI=1S/C20H20N4O4S/c1-27-13-7-8-16(28-2)12(9-13)11-22-24-19(26)18(25)23-20-15(10-21)14-5-3-4-6-17(14)29-20/h7-9,11H,3-6H2,1-2H3,(H,23,25)(H,24,26)/b22-11+. The summed E-state index contributed by atoms with van der Waals surface area (Å²) < 4.78 is 10.4. The average Bonchev–Trinajstić information content (AvgIpc) is 3.10. The van der Waals surface area contributed by atoms with Crippen LogP contribution in [0.1, 0.15) is 34.4 Å². The van der Waals surface area contributed by atoms with E-state index in [9.17, 15) is 14.9 Å². The Morgan fingerprint density at radius 2 is 2.00 bits per heavy atom. The van der Waals surface area contributed by atoms with E-state index in [2.05, 4.69) is 21.9 Å². The number of ether oxygens (including phenoxy) is 2. The molecule has 1 aliphatic carbocycles. The molecule has 0 fully saturated rings. The minimum absolute atomic E-state index is 0.415. The van der Waals surface area contributed by atoms with Gasteiger partial charge in [-0.05, 0) is 49.4 Å². The van der Waals surface area contributed by atoms with E-state index in [0.29, 0.717) is 27.6 Å². The van der Waals surface area contributed by atoms with Crippen LogP contribution in [0.3, 0.4) is 0 Å². The molecule has 9 heteroatoms. The van der Waals surface area contributed by atoms with Gasteiger partial charge >= 0.3 is 11.8 Å². The number of benzene rings is 1. The Bertz CT molecular complexity index is 1010. The van der Waals surface area contributed by atoms with E-state index in [-0.39, 0.29) is 0 Å². The Labute approximate surface area is 172 Å². The number of hydrogen-bond donors (Lipinski definition) is 2. The maximum Gasteiger partial charge on any atom is 0.329 e. The van der Waals surface area contributed by atoms with Crippen molar-refractivity contribution < 1.29 is 19.1 Å². The molecule has 0 saturated heterocycles. The largest absolute Gasteiger partial charge is 0.497 e. The van der Waals surface area contributed by atoms with Gasteiger partial charge in [-0.3, -0.25) is 9.59 Å². The predicted molar refractivity (Wildman–Crippen MR) is 110 cm³/mol. The number of carbonyl (C=O) groups is 2. The maximum atomic E-state index is 12.2. The molecule has 1 aromatic carbocycles. The van der Waals surface area contributed by atoms with E-state index in [4.69, 9.17) is 9.47 Å². The number of aryl methyl sites for hydroxylation is 1. The highest BCUT2D eigenvalue weighted by Crippen LogP contribution is 2.37. The molecule has 29 heavy (non-hydrogen) atoms. The van der Waals surface area contributed by atoms with Gasteiger partial charge in [0.1, 0.15) is 22.6 Å². The molecule has 8 nitrogen and oxygen atoms in total. The van der Waals surface area contributed by atoms with Crippen LogP contribution in [0.2, 0.25) is 0 Å². The zero-order valence-corrected chi connectivity index (χ0v) is 16.9. The Hall–Kier alpha value is -3.38. The van der Waals surface area contributed by atoms with Gasteiger partial charge in [-0.1, -0.05) is 0 Å². The first-order chi connectivity index (χ1) is 14.1. The van der Waals surface area contributed by atoms with Crippen LogP contribution in [-0.2, 0) is 22.4 Å². The van der Waals surface area contributed by atoms with Crippen LogP contribution in [0.25, 0.3) is 0 Å². The van der Waals surface area contributed by atoms with Crippen molar-refractivity contribution in [1.82, 2.24) is 5.43 Å². The fraction of sp³-hybridized carbons (Fsp3) is 0.300. The van der Waals surface area contributed by atoms with Crippen molar-refractivity contribution in [1.29, 1.82) is 5.26 Å². The van der Waals surface area contributed by atoms with E-state index < -0.39 is 11.8 Å². The van der Waals surface area contributed by atoms with E-state index in [1.54, 1.807) is 18.2 Å². The quantitative estimate of drug-likeness (QED) is 0.445. The van der Waals surface area contributed by atoms with Gasteiger partial charge in [0.05, 0.1) is 26.0 Å². The molecule has 3 rings (SSSR count). The Balaban J connectivity index is 1.66. The molecule has 1 aromatic heterocycles. The van der Waals surface area contributed by atoms with Crippen molar-refractivity contribution >= 4 is 34.4 Å². The van der Waals surface area contributed by atoms with E-state index in [1.165, 1.54) is 31.8 Å². The molecule has 2 aromatic rings. The lowest BCUT2D eigenvalue weighted by Crippen LogP contribution is -2.32. The summed E-state index contributed by atoms with van der Waals surface area (Å²) in [6.45, 7) is 0. The van der Waals surface area contributed by atoms with Crippen LogP contribution in [0.5, 0.6) is 11.5 Å². The summed E-state index contributed by atoms with van der Waals surface area (Å²) in [5.41, 5.74) is 4.20. The summed E-state index contributed by atoms with van der Waals surface area (Å²) in [6.07, 6.45) is 5.16. The van der Waals surface area contributed by atoms with Crippen molar-refractivity contribution in [3.05, 3.63) is 39.8 Å². The third-order valence-corrected chi connectivity index (χ3v) is 5.73.